The third-order valence-electron chi connectivity index (χ3n) is 6.19. The van der Waals surface area contributed by atoms with Gasteiger partial charge >= 0.3 is 5.97 Å². The van der Waals surface area contributed by atoms with Gasteiger partial charge in [-0.2, -0.15) is 0 Å². The molecule has 0 aliphatic rings. The van der Waals surface area contributed by atoms with E-state index in [0.29, 0.717) is 27.8 Å². The average molecular weight is 529 g/mol. The van der Waals surface area contributed by atoms with Crippen LogP contribution in [0.1, 0.15) is 38.3 Å². The van der Waals surface area contributed by atoms with Gasteiger partial charge in [-0.25, -0.2) is 8.78 Å². The summed E-state index contributed by atoms with van der Waals surface area (Å²) in [6, 6.07) is 25.3. The van der Waals surface area contributed by atoms with Crippen LogP contribution in [0.15, 0.2) is 97.1 Å². The maximum Gasteiger partial charge on any atom is 0.305 e. The van der Waals surface area contributed by atoms with Crippen molar-refractivity contribution in [3.8, 4) is 11.1 Å². The fraction of sp³-hybridized carbons (Fsp3) is 0.129. The average Bonchev–Trinajstić information content (AvgIpc) is 2.95. The van der Waals surface area contributed by atoms with E-state index in [4.69, 9.17) is 0 Å². The monoisotopic (exact) mass is 528 g/mol. The van der Waals surface area contributed by atoms with Crippen LogP contribution < -0.4 is 5.32 Å². The van der Waals surface area contributed by atoms with Gasteiger partial charge in [0.1, 0.15) is 11.6 Å². The molecule has 0 heterocycles. The smallest absolute Gasteiger partial charge is 0.305 e. The molecule has 198 valence electrons. The van der Waals surface area contributed by atoms with Crippen molar-refractivity contribution in [3.63, 3.8) is 0 Å². The van der Waals surface area contributed by atoms with Gasteiger partial charge in [0.25, 0.3) is 11.8 Å². The summed E-state index contributed by atoms with van der Waals surface area (Å²) in [5, 5.41) is 12.0. The van der Waals surface area contributed by atoms with Crippen LogP contribution in [0.25, 0.3) is 11.1 Å². The van der Waals surface area contributed by atoms with E-state index in [0.717, 1.165) is 0 Å². The van der Waals surface area contributed by atoms with Crippen LogP contribution in [0.2, 0.25) is 0 Å². The second kappa shape index (κ2) is 12.6. The molecular weight excluding hydrogens is 502 g/mol. The number of rotatable bonds is 10. The van der Waals surface area contributed by atoms with Crippen molar-refractivity contribution in [1.29, 1.82) is 0 Å². The minimum Gasteiger partial charge on any atom is -0.481 e. The summed E-state index contributed by atoms with van der Waals surface area (Å²) < 4.78 is 27.5. The van der Waals surface area contributed by atoms with Crippen molar-refractivity contribution in [2.24, 2.45) is 0 Å². The molecule has 0 saturated carbocycles. The molecule has 4 aromatic rings. The van der Waals surface area contributed by atoms with Crippen LogP contribution in [-0.4, -0.2) is 34.3 Å². The molecule has 2 N–H and O–H groups in total. The van der Waals surface area contributed by atoms with Crippen molar-refractivity contribution in [3.05, 3.63) is 131 Å². The quantitative estimate of drug-likeness (QED) is 0.277. The van der Waals surface area contributed by atoms with Gasteiger partial charge in [0.2, 0.25) is 0 Å². The van der Waals surface area contributed by atoms with Crippen LogP contribution in [0, 0.1) is 11.6 Å². The van der Waals surface area contributed by atoms with Crippen LogP contribution in [0.3, 0.4) is 0 Å². The lowest BCUT2D eigenvalue weighted by atomic mass is 9.94. The minimum absolute atomic E-state index is 0.0128. The zero-order valence-corrected chi connectivity index (χ0v) is 20.9. The van der Waals surface area contributed by atoms with Gasteiger partial charge in [0, 0.05) is 36.3 Å². The number of carbonyl (C=O) groups excluding carboxylic acids is 2. The number of aliphatic carboxylic acids is 1. The Hall–Kier alpha value is -4.85. The number of amides is 2. The van der Waals surface area contributed by atoms with E-state index in [1.54, 1.807) is 66.7 Å². The molecule has 6 nitrogen and oxygen atoms in total. The number of nitrogens with zero attached hydrogens (tertiary/aromatic N) is 1. The molecule has 4 rings (SSSR count). The Balaban J connectivity index is 1.65. The molecule has 0 aliphatic carbocycles. The molecule has 0 aliphatic heterocycles. The van der Waals surface area contributed by atoms with E-state index >= 15 is 0 Å². The summed E-state index contributed by atoms with van der Waals surface area (Å²) in [4.78, 5) is 39.6. The first-order valence-corrected chi connectivity index (χ1v) is 12.3. The zero-order chi connectivity index (χ0) is 27.8. The van der Waals surface area contributed by atoms with Crippen LogP contribution in [0.4, 0.5) is 8.78 Å². The normalized spacial score (nSPS) is 10.6. The van der Waals surface area contributed by atoms with Crippen LogP contribution in [0.5, 0.6) is 0 Å². The maximum absolute atomic E-state index is 14.0. The van der Waals surface area contributed by atoms with Crippen molar-refractivity contribution >= 4 is 17.8 Å². The SMILES string of the molecule is O=C(O)CCN(Cc1ccc(F)cc1)C(=O)c1ccccc1-c1ccccc1C(=O)NCc1ccccc1F. The van der Waals surface area contributed by atoms with Gasteiger partial charge in [-0.3, -0.25) is 14.4 Å². The maximum atomic E-state index is 14.0. The molecule has 0 unspecified atom stereocenters. The van der Waals surface area contributed by atoms with Gasteiger partial charge in [0.05, 0.1) is 6.42 Å². The van der Waals surface area contributed by atoms with E-state index in [2.05, 4.69) is 5.32 Å². The molecule has 8 heteroatoms. The summed E-state index contributed by atoms with van der Waals surface area (Å²) in [6.45, 7) is -0.00277. The summed E-state index contributed by atoms with van der Waals surface area (Å²) in [6.07, 6.45) is -0.274. The van der Waals surface area contributed by atoms with Gasteiger partial charge in [-0.05, 0) is 47.0 Å². The number of carbonyl (C=O) groups is 3. The highest BCUT2D eigenvalue weighted by molar-refractivity contribution is 6.06. The Morgan fingerprint density at radius 3 is 2.00 bits per heavy atom. The molecule has 0 spiro atoms. The number of carboxylic acids is 1. The third-order valence-corrected chi connectivity index (χ3v) is 6.19. The Labute approximate surface area is 224 Å². The first kappa shape index (κ1) is 27.2. The van der Waals surface area contributed by atoms with Crippen molar-refractivity contribution in [1.82, 2.24) is 10.2 Å². The first-order valence-electron chi connectivity index (χ1n) is 12.3. The molecular formula is C31H26F2N2O4. The molecule has 39 heavy (non-hydrogen) atoms. The Morgan fingerprint density at radius 1 is 0.744 bits per heavy atom. The molecule has 0 atom stereocenters. The summed E-state index contributed by atoms with van der Waals surface area (Å²) in [5.74, 6) is -2.78. The van der Waals surface area contributed by atoms with E-state index < -0.39 is 29.4 Å². The second-order valence-corrected chi connectivity index (χ2v) is 8.86. The topological polar surface area (TPSA) is 86.7 Å². The van der Waals surface area contributed by atoms with E-state index in [1.807, 2.05) is 0 Å². The third kappa shape index (κ3) is 6.93. The van der Waals surface area contributed by atoms with Crippen molar-refractivity contribution in [2.75, 3.05) is 6.54 Å². The number of carboxylic acid groups (broad SMARTS) is 1. The highest BCUT2D eigenvalue weighted by atomic mass is 19.1. The molecule has 0 radical (unpaired) electrons. The zero-order valence-electron chi connectivity index (χ0n) is 20.9. The van der Waals surface area contributed by atoms with E-state index in [9.17, 15) is 28.3 Å². The predicted octanol–water partition coefficient (Wildman–Crippen LogP) is 5.68. The fourth-order valence-corrected chi connectivity index (χ4v) is 4.20. The van der Waals surface area contributed by atoms with Gasteiger partial charge in [0.15, 0.2) is 0 Å². The Bertz CT molecular complexity index is 1490. The van der Waals surface area contributed by atoms with Crippen LogP contribution in [-0.2, 0) is 17.9 Å². The van der Waals surface area contributed by atoms with Crippen LogP contribution >= 0.6 is 0 Å². The summed E-state index contributed by atoms with van der Waals surface area (Å²) >= 11 is 0. The largest absolute Gasteiger partial charge is 0.481 e. The van der Waals surface area contributed by atoms with Crippen molar-refractivity contribution < 1.29 is 28.3 Å². The molecule has 4 aromatic carbocycles. The lowest BCUT2D eigenvalue weighted by Crippen LogP contribution is -2.33. The van der Waals surface area contributed by atoms with Gasteiger partial charge in [-0.15, -0.1) is 0 Å². The lowest BCUT2D eigenvalue weighted by molar-refractivity contribution is -0.137. The Morgan fingerprint density at radius 2 is 1.33 bits per heavy atom. The van der Waals surface area contributed by atoms with Gasteiger partial charge in [-0.1, -0.05) is 66.7 Å². The number of nitrogens with one attached hydrogen (secondary N) is 1. The predicted molar refractivity (Wildman–Crippen MR) is 143 cm³/mol. The molecule has 0 fully saturated rings. The Kier molecular flexibility index (Phi) is 8.78. The highest BCUT2D eigenvalue weighted by Crippen LogP contribution is 2.29. The molecule has 0 aromatic heterocycles. The lowest BCUT2D eigenvalue weighted by Gasteiger charge is -2.24. The fourth-order valence-electron chi connectivity index (χ4n) is 4.20. The first-order chi connectivity index (χ1) is 18.8. The number of halogens is 2. The number of hydrogen-bond acceptors (Lipinski definition) is 3. The van der Waals surface area contributed by atoms with Crippen molar-refractivity contribution in [2.45, 2.75) is 19.5 Å². The second-order valence-electron chi connectivity index (χ2n) is 8.86. The number of hydrogen-bond donors (Lipinski definition) is 2. The standard InChI is InChI=1S/C31H26F2N2O4/c32-23-15-13-21(14-16-23)20-35(18-17-29(36)37)31(39)27-11-5-3-9-25(27)24-8-2-4-10-26(24)30(38)34-19-22-7-1-6-12-28(22)33/h1-16H,17-20H2,(H,34,38)(H,36,37). The van der Waals surface area contributed by atoms with Gasteiger partial charge < -0.3 is 15.3 Å². The van der Waals surface area contributed by atoms with E-state index in [-0.39, 0.29) is 31.6 Å². The summed E-state index contributed by atoms with van der Waals surface area (Å²) in [5.41, 5.74) is 2.53. The molecule has 0 bridgehead atoms. The molecule has 0 saturated heterocycles. The summed E-state index contributed by atoms with van der Waals surface area (Å²) in [7, 11) is 0. The molecule has 2 amide bonds. The number of benzene rings is 4. The minimum atomic E-state index is -1.06. The highest BCUT2D eigenvalue weighted by Gasteiger charge is 2.23. The van der Waals surface area contributed by atoms with E-state index in [1.165, 1.54) is 35.2 Å².